The van der Waals surface area contributed by atoms with Crippen molar-refractivity contribution in [1.29, 1.82) is 0 Å². The summed E-state index contributed by atoms with van der Waals surface area (Å²) in [6.07, 6.45) is 0. The minimum atomic E-state index is 0.168. The fourth-order valence-corrected chi connectivity index (χ4v) is 1.27. The number of rotatable bonds is 6. The number of nitrogens with one attached hydrogen (secondary N) is 2. The van der Waals surface area contributed by atoms with E-state index >= 15 is 0 Å². The van der Waals surface area contributed by atoms with Gasteiger partial charge in [0.2, 0.25) is 0 Å². The molecule has 0 amide bonds. The van der Waals surface area contributed by atoms with E-state index < -0.39 is 0 Å². The molecule has 0 bridgehead atoms. The van der Waals surface area contributed by atoms with Crippen LogP contribution in [0.15, 0.2) is 30.3 Å². The second-order valence-electron chi connectivity index (χ2n) is 4.85. The summed E-state index contributed by atoms with van der Waals surface area (Å²) in [6.45, 7) is 8.77. The van der Waals surface area contributed by atoms with E-state index in [9.17, 15) is 0 Å². The van der Waals surface area contributed by atoms with Crippen molar-refractivity contribution in [2.24, 2.45) is 0 Å². The van der Waals surface area contributed by atoms with Gasteiger partial charge in [-0.2, -0.15) is 0 Å². The quantitative estimate of drug-likeness (QED) is 0.571. The van der Waals surface area contributed by atoms with Gasteiger partial charge < -0.3 is 5.32 Å². The summed E-state index contributed by atoms with van der Waals surface area (Å²) < 4.78 is 0. The third-order valence-corrected chi connectivity index (χ3v) is 2.07. The van der Waals surface area contributed by atoms with Gasteiger partial charge in [0.15, 0.2) is 0 Å². The maximum Gasteiger partial charge on any atom is 0.0933 e. The first kappa shape index (κ1) is 13.2. The van der Waals surface area contributed by atoms with Gasteiger partial charge in [0.05, 0.1) is 6.61 Å². The third kappa shape index (κ3) is 6.56. The summed E-state index contributed by atoms with van der Waals surface area (Å²) in [5.74, 6) is 0. The number of hydrogen-bond donors (Lipinski definition) is 2. The summed E-state index contributed by atoms with van der Waals surface area (Å²) >= 11 is 0. The molecule has 0 radical (unpaired) electrons. The van der Waals surface area contributed by atoms with Crippen LogP contribution in [0.1, 0.15) is 26.3 Å². The lowest BCUT2D eigenvalue weighted by Crippen LogP contribution is -2.40. The van der Waals surface area contributed by atoms with Crippen molar-refractivity contribution in [2.75, 3.05) is 13.1 Å². The van der Waals surface area contributed by atoms with Crippen molar-refractivity contribution < 1.29 is 4.84 Å². The highest BCUT2D eigenvalue weighted by Crippen LogP contribution is 1.99. The second kappa shape index (κ2) is 6.63. The Morgan fingerprint density at radius 2 is 1.75 bits per heavy atom. The highest BCUT2D eigenvalue weighted by molar-refractivity contribution is 5.13. The Kier molecular flexibility index (Phi) is 5.46. The Hall–Kier alpha value is -0.900. The molecule has 2 N–H and O–H groups in total. The Labute approximate surface area is 98.2 Å². The molecule has 0 aliphatic heterocycles. The van der Waals surface area contributed by atoms with Crippen molar-refractivity contribution >= 4 is 0 Å². The Morgan fingerprint density at radius 1 is 1.06 bits per heavy atom. The summed E-state index contributed by atoms with van der Waals surface area (Å²) in [7, 11) is 0. The van der Waals surface area contributed by atoms with E-state index in [2.05, 4.69) is 43.7 Å². The van der Waals surface area contributed by atoms with Crippen LogP contribution in [0.25, 0.3) is 0 Å². The smallest absolute Gasteiger partial charge is 0.0933 e. The van der Waals surface area contributed by atoms with Crippen LogP contribution in [-0.2, 0) is 11.4 Å². The minimum absolute atomic E-state index is 0.168. The Balaban J connectivity index is 2.01. The van der Waals surface area contributed by atoms with E-state index in [1.54, 1.807) is 0 Å². The molecule has 0 saturated carbocycles. The average Bonchev–Trinajstić information content (AvgIpc) is 2.23. The molecule has 1 rings (SSSR count). The fraction of sp³-hybridized carbons (Fsp3) is 0.538. The summed E-state index contributed by atoms with van der Waals surface area (Å²) in [5.41, 5.74) is 4.29. The monoisotopic (exact) mass is 222 g/mol. The third-order valence-electron chi connectivity index (χ3n) is 2.07. The maximum absolute atomic E-state index is 5.34. The lowest BCUT2D eigenvalue weighted by Gasteiger charge is -2.20. The lowest BCUT2D eigenvalue weighted by molar-refractivity contribution is 0.0281. The predicted octanol–water partition coefficient (Wildman–Crippen LogP) is 2.10. The van der Waals surface area contributed by atoms with E-state index in [-0.39, 0.29) is 5.54 Å². The van der Waals surface area contributed by atoms with Gasteiger partial charge >= 0.3 is 0 Å². The van der Waals surface area contributed by atoms with Gasteiger partial charge in [-0.25, -0.2) is 5.48 Å². The van der Waals surface area contributed by atoms with E-state index in [1.807, 2.05) is 18.2 Å². The van der Waals surface area contributed by atoms with E-state index in [4.69, 9.17) is 4.84 Å². The van der Waals surface area contributed by atoms with Gasteiger partial charge in [0.25, 0.3) is 0 Å². The largest absolute Gasteiger partial charge is 0.311 e. The zero-order valence-corrected chi connectivity index (χ0v) is 10.4. The van der Waals surface area contributed by atoms with Gasteiger partial charge in [-0.3, -0.25) is 4.84 Å². The van der Waals surface area contributed by atoms with Crippen molar-refractivity contribution in [3.05, 3.63) is 35.9 Å². The van der Waals surface area contributed by atoms with Gasteiger partial charge in [-0.05, 0) is 26.3 Å². The van der Waals surface area contributed by atoms with E-state index in [1.165, 1.54) is 5.56 Å². The standard InChI is InChI=1S/C13H22N2O/c1-13(2,3)14-9-10-15-16-11-12-7-5-4-6-8-12/h4-8,14-15H,9-11H2,1-3H3. The minimum Gasteiger partial charge on any atom is -0.311 e. The fourth-order valence-electron chi connectivity index (χ4n) is 1.27. The van der Waals surface area contributed by atoms with Gasteiger partial charge in [0.1, 0.15) is 0 Å². The molecule has 16 heavy (non-hydrogen) atoms. The van der Waals surface area contributed by atoms with Crippen LogP contribution in [0.2, 0.25) is 0 Å². The summed E-state index contributed by atoms with van der Waals surface area (Å²) in [4.78, 5) is 5.34. The first-order valence-electron chi connectivity index (χ1n) is 5.71. The summed E-state index contributed by atoms with van der Waals surface area (Å²) in [5, 5.41) is 3.38. The van der Waals surface area contributed by atoms with Crippen LogP contribution in [0.3, 0.4) is 0 Å². The highest BCUT2D eigenvalue weighted by Gasteiger charge is 2.06. The topological polar surface area (TPSA) is 33.3 Å². The van der Waals surface area contributed by atoms with Gasteiger partial charge in [0, 0.05) is 18.6 Å². The van der Waals surface area contributed by atoms with Crippen molar-refractivity contribution in [1.82, 2.24) is 10.8 Å². The average molecular weight is 222 g/mol. The molecular formula is C13H22N2O. The van der Waals surface area contributed by atoms with Crippen LogP contribution in [0, 0.1) is 0 Å². The Morgan fingerprint density at radius 3 is 2.38 bits per heavy atom. The summed E-state index contributed by atoms with van der Waals surface area (Å²) in [6, 6.07) is 10.1. The number of benzene rings is 1. The van der Waals surface area contributed by atoms with Crippen LogP contribution in [0.4, 0.5) is 0 Å². The predicted molar refractivity (Wildman–Crippen MR) is 67.0 cm³/mol. The molecule has 1 aromatic carbocycles. The molecule has 0 aliphatic rings. The molecule has 3 heteroatoms. The van der Waals surface area contributed by atoms with E-state index in [0.717, 1.165) is 13.1 Å². The molecule has 0 fully saturated rings. The van der Waals surface area contributed by atoms with Gasteiger partial charge in [-0.1, -0.05) is 30.3 Å². The lowest BCUT2D eigenvalue weighted by atomic mass is 10.1. The SMILES string of the molecule is CC(C)(C)NCCNOCc1ccccc1. The molecule has 0 saturated heterocycles. The maximum atomic E-state index is 5.34. The molecule has 0 heterocycles. The van der Waals surface area contributed by atoms with Crippen LogP contribution in [-0.4, -0.2) is 18.6 Å². The normalized spacial score (nSPS) is 11.7. The van der Waals surface area contributed by atoms with Crippen LogP contribution >= 0.6 is 0 Å². The molecule has 0 unspecified atom stereocenters. The molecule has 0 aromatic heterocycles. The molecule has 0 spiro atoms. The zero-order valence-electron chi connectivity index (χ0n) is 10.4. The van der Waals surface area contributed by atoms with Crippen molar-refractivity contribution in [2.45, 2.75) is 32.9 Å². The molecular weight excluding hydrogens is 200 g/mol. The molecule has 0 aliphatic carbocycles. The van der Waals surface area contributed by atoms with Crippen LogP contribution < -0.4 is 10.8 Å². The van der Waals surface area contributed by atoms with Crippen molar-refractivity contribution in [3.8, 4) is 0 Å². The molecule has 3 nitrogen and oxygen atoms in total. The molecule has 90 valence electrons. The number of hydrogen-bond acceptors (Lipinski definition) is 3. The highest BCUT2D eigenvalue weighted by atomic mass is 16.6. The van der Waals surface area contributed by atoms with Gasteiger partial charge in [-0.15, -0.1) is 0 Å². The number of hydroxylamine groups is 1. The van der Waals surface area contributed by atoms with Crippen LogP contribution in [0.5, 0.6) is 0 Å². The first-order valence-corrected chi connectivity index (χ1v) is 5.71. The van der Waals surface area contributed by atoms with Crippen molar-refractivity contribution in [3.63, 3.8) is 0 Å². The second-order valence-corrected chi connectivity index (χ2v) is 4.85. The zero-order chi connectivity index (χ0) is 11.9. The first-order chi connectivity index (χ1) is 7.58. The van der Waals surface area contributed by atoms with E-state index in [0.29, 0.717) is 6.61 Å². The molecule has 0 atom stereocenters. The Bertz CT molecular complexity index is 280. The molecule has 1 aromatic rings.